The molecule has 6 heteroatoms. The third kappa shape index (κ3) is 2.47. The average Bonchev–Trinajstić information content (AvgIpc) is 2.83. The smallest absolute Gasteiger partial charge is 0.243 e. The summed E-state index contributed by atoms with van der Waals surface area (Å²) < 4.78 is 27.5. The Morgan fingerprint density at radius 2 is 1.90 bits per heavy atom. The number of hydrogen-bond donors (Lipinski definition) is 1. The van der Waals surface area contributed by atoms with E-state index in [1.165, 1.54) is 4.88 Å². The van der Waals surface area contributed by atoms with E-state index in [1.807, 2.05) is 11.4 Å². The molecular formula is C15H18N2O2S2. The highest BCUT2D eigenvalue weighted by Crippen LogP contribution is 2.31. The summed E-state index contributed by atoms with van der Waals surface area (Å²) in [5.41, 5.74) is 8.94. The van der Waals surface area contributed by atoms with Crippen LogP contribution >= 0.6 is 11.3 Å². The fourth-order valence-corrected chi connectivity index (χ4v) is 5.67. The van der Waals surface area contributed by atoms with Crippen molar-refractivity contribution in [2.24, 2.45) is 0 Å². The number of nitrogens with two attached hydrogens (primary N) is 1. The van der Waals surface area contributed by atoms with Crippen LogP contribution in [0.1, 0.15) is 21.6 Å². The topological polar surface area (TPSA) is 63.4 Å². The minimum atomic E-state index is -3.48. The van der Waals surface area contributed by atoms with E-state index in [4.69, 9.17) is 5.73 Å². The highest BCUT2D eigenvalue weighted by Gasteiger charge is 2.31. The molecule has 0 saturated heterocycles. The van der Waals surface area contributed by atoms with Crippen LogP contribution < -0.4 is 5.73 Å². The van der Waals surface area contributed by atoms with E-state index in [9.17, 15) is 8.42 Å². The molecule has 1 aromatic heterocycles. The van der Waals surface area contributed by atoms with Crippen molar-refractivity contribution in [1.29, 1.82) is 0 Å². The molecule has 2 heterocycles. The molecule has 0 unspecified atom stereocenters. The molecule has 0 spiro atoms. The predicted octanol–water partition coefficient (Wildman–Crippen LogP) is 2.69. The van der Waals surface area contributed by atoms with E-state index in [0.717, 1.165) is 12.0 Å². The first-order valence-corrected chi connectivity index (χ1v) is 9.13. The second kappa shape index (κ2) is 5.12. The van der Waals surface area contributed by atoms with E-state index < -0.39 is 10.0 Å². The van der Waals surface area contributed by atoms with Crippen LogP contribution in [0.4, 0.5) is 5.69 Å². The molecule has 1 aromatic carbocycles. The molecule has 0 saturated carbocycles. The summed E-state index contributed by atoms with van der Waals surface area (Å²) >= 11 is 1.70. The normalized spacial score (nSPS) is 15.9. The van der Waals surface area contributed by atoms with Gasteiger partial charge >= 0.3 is 0 Å². The molecule has 21 heavy (non-hydrogen) atoms. The van der Waals surface area contributed by atoms with Gasteiger partial charge in [-0.2, -0.15) is 4.31 Å². The Balaban J connectivity index is 2.03. The van der Waals surface area contributed by atoms with Crippen molar-refractivity contribution in [3.63, 3.8) is 0 Å². The lowest BCUT2D eigenvalue weighted by Crippen LogP contribution is -2.36. The fourth-order valence-electron chi connectivity index (χ4n) is 2.95. The third-order valence-electron chi connectivity index (χ3n) is 3.85. The SMILES string of the molecule is Cc1cc(N)cc(C)c1S(=O)(=O)N1CCc2sccc2C1. The van der Waals surface area contributed by atoms with Crippen LogP contribution in [0.3, 0.4) is 0 Å². The van der Waals surface area contributed by atoms with Crippen LogP contribution in [0, 0.1) is 13.8 Å². The zero-order valence-corrected chi connectivity index (χ0v) is 13.7. The summed E-state index contributed by atoms with van der Waals surface area (Å²) in [5.74, 6) is 0. The maximum atomic E-state index is 13.0. The maximum absolute atomic E-state index is 13.0. The van der Waals surface area contributed by atoms with Gasteiger partial charge in [0.2, 0.25) is 10.0 Å². The summed E-state index contributed by atoms with van der Waals surface area (Å²) in [5, 5.41) is 2.03. The van der Waals surface area contributed by atoms with Crippen molar-refractivity contribution >= 4 is 27.0 Å². The van der Waals surface area contributed by atoms with E-state index >= 15 is 0 Å². The molecule has 1 aliphatic rings. The Bertz CT molecular complexity index is 771. The second-order valence-corrected chi connectivity index (χ2v) is 8.32. The number of fused-ring (bicyclic) bond motifs is 1. The first kappa shape index (κ1) is 14.6. The molecule has 3 rings (SSSR count). The van der Waals surface area contributed by atoms with Gasteiger partial charge in [-0.05, 0) is 60.5 Å². The van der Waals surface area contributed by atoms with Crippen molar-refractivity contribution < 1.29 is 8.42 Å². The van der Waals surface area contributed by atoms with E-state index in [1.54, 1.807) is 41.6 Å². The Hall–Kier alpha value is -1.37. The van der Waals surface area contributed by atoms with Gasteiger partial charge in [0.1, 0.15) is 0 Å². The van der Waals surface area contributed by atoms with Crippen molar-refractivity contribution in [2.75, 3.05) is 12.3 Å². The lowest BCUT2D eigenvalue weighted by molar-refractivity contribution is 0.393. The predicted molar refractivity (Wildman–Crippen MR) is 85.9 cm³/mol. The maximum Gasteiger partial charge on any atom is 0.243 e. The van der Waals surface area contributed by atoms with Gasteiger partial charge in [0.25, 0.3) is 0 Å². The average molecular weight is 322 g/mol. The van der Waals surface area contributed by atoms with Gasteiger partial charge in [0.15, 0.2) is 0 Å². The van der Waals surface area contributed by atoms with Crippen LogP contribution in [0.25, 0.3) is 0 Å². The van der Waals surface area contributed by atoms with Crippen LogP contribution in [0.5, 0.6) is 0 Å². The number of anilines is 1. The summed E-state index contributed by atoms with van der Waals surface area (Å²) in [4.78, 5) is 1.70. The zero-order valence-electron chi connectivity index (χ0n) is 12.1. The molecule has 1 aliphatic heterocycles. The Labute approximate surface area is 129 Å². The number of hydrogen-bond acceptors (Lipinski definition) is 4. The molecule has 0 atom stereocenters. The van der Waals surface area contributed by atoms with Gasteiger partial charge in [-0.1, -0.05) is 0 Å². The van der Waals surface area contributed by atoms with Crippen molar-refractivity contribution in [1.82, 2.24) is 4.31 Å². The molecule has 0 amide bonds. The molecule has 0 bridgehead atoms. The van der Waals surface area contributed by atoms with Crippen molar-refractivity contribution in [3.05, 3.63) is 45.1 Å². The Morgan fingerprint density at radius 3 is 2.57 bits per heavy atom. The van der Waals surface area contributed by atoms with Gasteiger partial charge in [0, 0.05) is 23.7 Å². The summed E-state index contributed by atoms with van der Waals surface area (Å²) in [7, 11) is -3.48. The lowest BCUT2D eigenvalue weighted by atomic mass is 10.1. The lowest BCUT2D eigenvalue weighted by Gasteiger charge is -2.27. The molecule has 0 aliphatic carbocycles. The number of nitrogen functional groups attached to an aromatic ring is 1. The molecular weight excluding hydrogens is 304 g/mol. The van der Waals surface area contributed by atoms with Crippen molar-refractivity contribution in [2.45, 2.75) is 31.7 Å². The van der Waals surface area contributed by atoms with E-state index in [0.29, 0.717) is 34.8 Å². The monoisotopic (exact) mass is 322 g/mol. The third-order valence-corrected chi connectivity index (χ3v) is 7.03. The summed E-state index contributed by atoms with van der Waals surface area (Å²) in [6.07, 6.45) is 0.791. The molecule has 0 radical (unpaired) electrons. The van der Waals surface area contributed by atoms with Crippen LogP contribution in [0.15, 0.2) is 28.5 Å². The van der Waals surface area contributed by atoms with Gasteiger partial charge in [-0.3, -0.25) is 0 Å². The molecule has 2 N–H and O–H groups in total. The number of nitrogens with zero attached hydrogens (tertiary/aromatic N) is 1. The van der Waals surface area contributed by atoms with E-state index in [2.05, 4.69) is 0 Å². The largest absolute Gasteiger partial charge is 0.399 e. The standard InChI is InChI=1S/C15H18N2O2S2/c1-10-7-13(16)8-11(2)15(10)21(18,19)17-5-3-14-12(9-17)4-6-20-14/h4,6-8H,3,5,9,16H2,1-2H3. The second-order valence-electron chi connectivity index (χ2n) is 5.44. The highest BCUT2D eigenvalue weighted by atomic mass is 32.2. The Kier molecular flexibility index (Phi) is 3.55. The van der Waals surface area contributed by atoms with Crippen LogP contribution in [0.2, 0.25) is 0 Å². The molecule has 0 fully saturated rings. The number of rotatable bonds is 2. The van der Waals surface area contributed by atoms with Gasteiger partial charge in [-0.15, -0.1) is 11.3 Å². The first-order chi connectivity index (χ1) is 9.89. The van der Waals surface area contributed by atoms with Crippen LogP contribution in [-0.4, -0.2) is 19.3 Å². The van der Waals surface area contributed by atoms with Gasteiger partial charge in [0.05, 0.1) is 4.90 Å². The quantitative estimate of drug-likeness (QED) is 0.865. The molecule has 4 nitrogen and oxygen atoms in total. The zero-order chi connectivity index (χ0) is 15.2. The molecule has 112 valence electrons. The number of aryl methyl sites for hydroxylation is 2. The number of sulfonamides is 1. The fraction of sp³-hybridized carbons (Fsp3) is 0.333. The minimum absolute atomic E-state index is 0.398. The summed E-state index contributed by atoms with van der Waals surface area (Å²) in [6, 6.07) is 5.46. The summed E-state index contributed by atoms with van der Waals surface area (Å²) in [6.45, 7) is 4.61. The van der Waals surface area contributed by atoms with Crippen LogP contribution in [-0.2, 0) is 23.0 Å². The number of benzene rings is 1. The van der Waals surface area contributed by atoms with Crippen molar-refractivity contribution in [3.8, 4) is 0 Å². The first-order valence-electron chi connectivity index (χ1n) is 6.81. The number of thiophene rings is 1. The van der Waals surface area contributed by atoms with Gasteiger partial charge < -0.3 is 5.73 Å². The molecule has 2 aromatic rings. The Morgan fingerprint density at radius 1 is 1.24 bits per heavy atom. The minimum Gasteiger partial charge on any atom is -0.399 e. The highest BCUT2D eigenvalue weighted by molar-refractivity contribution is 7.89. The van der Waals surface area contributed by atoms with Gasteiger partial charge in [-0.25, -0.2) is 8.42 Å². The van der Waals surface area contributed by atoms with E-state index in [-0.39, 0.29) is 0 Å².